The maximum atomic E-state index is 10.9. The predicted molar refractivity (Wildman–Crippen MR) is 73.3 cm³/mol. The van der Waals surface area contributed by atoms with Crippen LogP contribution in [0.3, 0.4) is 0 Å². The summed E-state index contributed by atoms with van der Waals surface area (Å²) in [4.78, 5) is 24.6. The Bertz CT molecular complexity index is 422. The molecule has 4 nitrogen and oxygen atoms in total. The molecule has 18 heavy (non-hydrogen) atoms. The van der Waals surface area contributed by atoms with Crippen molar-refractivity contribution in [1.29, 1.82) is 0 Å². The quantitative estimate of drug-likeness (QED) is 0.847. The topological polar surface area (TPSA) is 49.4 Å². The molecule has 1 aromatic heterocycles. The molecule has 2 heterocycles. The number of nitrogens with one attached hydrogen (secondary N) is 1. The molecule has 1 saturated heterocycles. The highest BCUT2D eigenvalue weighted by molar-refractivity contribution is 7.17. The molecule has 0 aliphatic carbocycles. The zero-order valence-corrected chi connectivity index (χ0v) is 11.3. The Labute approximate surface area is 111 Å². The lowest BCUT2D eigenvalue weighted by molar-refractivity contribution is -0.119. The number of carbonyl (C=O) groups excluding carboxylic acids is 2. The Hall–Kier alpha value is -1.36. The van der Waals surface area contributed by atoms with Gasteiger partial charge in [0.25, 0.3) is 0 Å². The van der Waals surface area contributed by atoms with Crippen molar-refractivity contribution in [3.63, 3.8) is 0 Å². The molecule has 1 amide bonds. The molecule has 0 radical (unpaired) electrons. The summed E-state index contributed by atoms with van der Waals surface area (Å²) in [6, 6.07) is 3.89. The summed E-state index contributed by atoms with van der Waals surface area (Å²) in [7, 11) is 0. The molecule has 5 heteroatoms. The van der Waals surface area contributed by atoms with E-state index in [2.05, 4.69) is 10.2 Å². The molecular formula is C13H18N2O2S. The number of nitrogens with zero attached hydrogens (tertiary/aromatic N) is 1. The van der Waals surface area contributed by atoms with Crippen LogP contribution in [0.5, 0.6) is 0 Å². The molecule has 1 N–H and O–H groups in total. The molecule has 0 saturated carbocycles. The van der Waals surface area contributed by atoms with Crippen molar-refractivity contribution in [2.75, 3.05) is 24.5 Å². The third kappa shape index (κ3) is 3.32. The molecule has 98 valence electrons. The molecule has 1 aliphatic heterocycles. The summed E-state index contributed by atoms with van der Waals surface area (Å²) < 4.78 is 0. The number of amides is 1. The minimum Gasteiger partial charge on any atom is -0.363 e. The van der Waals surface area contributed by atoms with Crippen LogP contribution in [0.15, 0.2) is 12.1 Å². The van der Waals surface area contributed by atoms with Gasteiger partial charge in [0.15, 0.2) is 6.29 Å². The number of thiophene rings is 1. The van der Waals surface area contributed by atoms with Crippen LogP contribution in [-0.2, 0) is 4.79 Å². The van der Waals surface area contributed by atoms with E-state index < -0.39 is 0 Å². The first kappa shape index (κ1) is 13.1. The van der Waals surface area contributed by atoms with Crippen LogP contribution in [0, 0.1) is 5.92 Å². The van der Waals surface area contributed by atoms with Crippen molar-refractivity contribution < 1.29 is 9.59 Å². The number of carbonyl (C=O) groups is 2. The second-order valence-corrected chi connectivity index (χ2v) is 5.76. The first-order valence-electron chi connectivity index (χ1n) is 6.23. The predicted octanol–water partition coefficient (Wildman–Crippen LogP) is 1.91. The number of rotatable bonds is 4. The monoisotopic (exact) mass is 266 g/mol. The zero-order chi connectivity index (χ0) is 13.0. The molecule has 0 bridgehead atoms. The highest BCUT2D eigenvalue weighted by Crippen LogP contribution is 2.29. The van der Waals surface area contributed by atoms with Gasteiger partial charge >= 0.3 is 0 Å². The smallest absolute Gasteiger partial charge is 0.216 e. The number of piperidine rings is 1. The van der Waals surface area contributed by atoms with E-state index in [0.29, 0.717) is 5.92 Å². The average molecular weight is 266 g/mol. The first-order valence-corrected chi connectivity index (χ1v) is 7.05. The van der Waals surface area contributed by atoms with E-state index in [9.17, 15) is 9.59 Å². The average Bonchev–Trinajstić information content (AvgIpc) is 2.85. The van der Waals surface area contributed by atoms with Crippen LogP contribution in [-0.4, -0.2) is 31.8 Å². The Kier molecular flexibility index (Phi) is 4.36. The molecule has 1 aliphatic rings. The lowest BCUT2D eigenvalue weighted by atomic mass is 9.97. The fraction of sp³-hybridized carbons (Fsp3) is 0.538. The molecule has 0 spiro atoms. The normalized spacial score (nSPS) is 16.6. The Morgan fingerprint density at radius 1 is 1.50 bits per heavy atom. The highest BCUT2D eigenvalue weighted by atomic mass is 32.1. The van der Waals surface area contributed by atoms with Gasteiger partial charge in [-0.3, -0.25) is 9.59 Å². The van der Waals surface area contributed by atoms with Gasteiger partial charge in [-0.2, -0.15) is 0 Å². The van der Waals surface area contributed by atoms with Gasteiger partial charge in [-0.1, -0.05) is 0 Å². The summed E-state index contributed by atoms with van der Waals surface area (Å²) in [6.45, 7) is 4.35. The SMILES string of the molecule is CC(=O)NCC1CCN(c2ccc(C=O)s2)CC1. The largest absolute Gasteiger partial charge is 0.363 e. The number of hydrogen-bond acceptors (Lipinski definition) is 4. The fourth-order valence-corrected chi connectivity index (χ4v) is 3.09. The van der Waals surface area contributed by atoms with Crippen molar-refractivity contribution in [2.45, 2.75) is 19.8 Å². The molecule has 0 unspecified atom stereocenters. The van der Waals surface area contributed by atoms with E-state index in [1.165, 1.54) is 5.00 Å². The van der Waals surface area contributed by atoms with Crippen molar-refractivity contribution in [2.24, 2.45) is 5.92 Å². The number of hydrogen-bond donors (Lipinski definition) is 1. The van der Waals surface area contributed by atoms with E-state index in [1.54, 1.807) is 18.3 Å². The summed E-state index contributed by atoms with van der Waals surface area (Å²) in [6.07, 6.45) is 3.08. The van der Waals surface area contributed by atoms with Crippen LogP contribution in [0.25, 0.3) is 0 Å². The molecule has 2 rings (SSSR count). The number of anilines is 1. The van der Waals surface area contributed by atoms with Gasteiger partial charge in [0.2, 0.25) is 5.91 Å². The van der Waals surface area contributed by atoms with Crippen molar-refractivity contribution in [1.82, 2.24) is 5.32 Å². The minimum absolute atomic E-state index is 0.0475. The van der Waals surface area contributed by atoms with E-state index in [0.717, 1.165) is 43.6 Å². The third-order valence-electron chi connectivity index (χ3n) is 3.29. The van der Waals surface area contributed by atoms with E-state index >= 15 is 0 Å². The summed E-state index contributed by atoms with van der Waals surface area (Å²) >= 11 is 1.55. The van der Waals surface area contributed by atoms with Crippen LogP contribution in [0.2, 0.25) is 0 Å². The van der Waals surface area contributed by atoms with Gasteiger partial charge in [-0.05, 0) is 30.9 Å². The lowest BCUT2D eigenvalue weighted by Gasteiger charge is -2.32. The van der Waals surface area contributed by atoms with Gasteiger partial charge < -0.3 is 10.2 Å². The number of aldehydes is 1. The van der Waals surface area contributed by atoms with Gasteiger partial charge in [-0.15, -0.1) is 11.3 Å². The Morgan fingerprint density at radius 3 is 2.78 bits per heavy atom. The van der Waals surface area contributed by atoms with Gasteiger partial charge in [-0.25, -0.2) is 0 Å². The zero-order valence-electron chi connectivity index (χ0n) is 10.5. The summed E-state index contributed by atoms with van der Waals surface area (Å²) in [5.41, 5.74) is 0. The lowest BCUT2D eigenvalue weighted by Crippen LogP contribution is -2.37. The maximum absolute atomic E-state index is 10.9. The summed E-state index contributed by atoms with van der Waals surface area (Å²) in [5, 5.41) is 4.06. The maximum Gasteiger partial charge on any atom is 0.216 e. The van der Waals surface area contributed by atoms with E-state index in [4.69, 9.17) is 0 Å². The van der Waals surface area contributed by atoms with Crippen LogP contribution >= 0.6 is 11.3 Å². The highest BCUT2D eigenvalue weighted by Gasteiger charge is 2.20. The second kappa shape index (κ2) is 6.00. The van der Waals surface area contributed by atoms with Crippen LogP contribution in [0.1, 0.15) is 29.4 Å². The second-order valence-electron chi connectivity index (χ2n) is 4.66. The van der Waals surface area contributed by atoms with Gasteiger partial charge in [0.05, 0.1) is 9.88 Å². The van der Waals surface area contributed by atoms with Crippen LogP contribution < -0.4 is 10.2 Å². The fourth-order valence-electron chi connectivity index (χ4n) is 2.22. The standard InChI is InChI=1S/C13H18N2O2S/c1-10(17)14-8-11-4-6-15(7-5-11)13-3-2-12(9-16)18-13/h2-3,9,11H,4-8H2,1H3,(H,14,17). The van der Waals surface area contributed by atoms with E-state index in [-0.39, 0.29) is 5.91 Å². The molecule has 1 aromatic rings. The summed E-state index contributed by atoms with van der Waals surface area (Å²) in [5.74, 6) is 0.627. The van der Waals surface area contributed by atoms with E-state index in [1.807, 2.05) is 12.1 Å². The minimum atomic E-state index is 0.0475. The third-order valence-corrected chi connectivity index (χ3v) is 4.37. The molecular weight excluding hydrogens is 248 g/mol. The van der Waals surface area contributed by atoms with Gasteiger partial charge in [0, 0.05) is 26.6 Å². The van der Waals surface area contributed by atoms with Crippen molar-refractivity contribution >= 4 is 28.5 Å². The van der Waals surface area contributed by atoms with Crippen molar-refractivity contribution in [3.8, 4) is 0 Å². The Balaban J connectivity index is 1.82. The molecule has 0 aromatic carbocycles. The molecule has 1 fully saturated rings. The first-order chi connectivity index (χ1) is 8.69. The van der Waals surface area contributed by atoms with Crippen molar-refractivity contribution in [3.05, 3.63) is 17.0 Å². The van der Waals surface area contributed by atoms with Gasteiger partial charge in [0.1, 0.15) is 0 Å². The Morgan fingerprint density at radius 2 is 2.22 bits per heavy atom. The van der Waals surface area contributed by atoms with Crippen LogP contribution in [0.4, 0.5) is 5.00 Å². The molecule has 0 atom stereocenters.